The van der Waals surface area contributed by atoms with Crippen LogP contribution in [-0.2, 0) is 0 Å². The summed E-state index contributed by atoms with van der Waals surface area (Å²) in [5.41, 5.74) is 6.35. The van der Waals surface area contributed by atoms with Gasteiger partial charge >= 0.3 is 0 Å². The molecule has 2 aromatic heterocycles. The fourth-order valence-corrected chi connectivity index (χ4v) is 18.2. The lowest BCUT2D eigenvalue weighted by atomic mass is 9.99. The number of nitrogens with zero attached hydrogens (tertiary/aromatic N) is 2. The Morgan fingerprint density at radius 2 is 1.47 bits per heavy atom. The second-order valence-corrected chi connectivity index (χ2v) is 24.5. The molecule has 0 amide bonds. The molecule has 0 spiro atoms. The molecule has 0 bridgehead atoms. The molecule has 0 aliphatic heterocycles. The Hall–Kier alpha value is -1.83. The number of hydrogen-bond acceptors (Lipinski definition) is 3. The van der Waals surface area contributed by atoms with Gasteiger partial charge in [0.05, 0.1) is 24.0 Å². The lowest BCUT2D eigenvalue weighted by Crippen LogP contribution is -2.53. The van der Waals surface area contributed by atoms with E-state index < -0.39 is 16.1 Å². The molecule has 2 aliphatic rings. The molecule has 0 unspecified atom stereocenters. The standard InChI is InChI=1S/C33H44N2SSi2/c1-23-30-32(36-33(23)38(5,26-15-8-6-9-16-26)27-17-10-7-11-18-27)31(35-22-34-30)25-20-24-14-12-13-19-28(24)29(21-25)37(2,3)4/h12-14,19-22,26-27H,6-11,15-18H2,1-5H3/i22D. The molecule has 4 aromatic rings. The summed E-state index contributed by atoms with van der Waals surface area (Å²) in [6.45, 7) is 12.4. The van der Waals surface area contributed by atoms with E-state index in [1.807, 2.05) is 11.3 Å². The van der Waals surface area contributed by atoms with Gasteiger partial charge in [-0.05, 0) is 44.9 Å². The van der Waals surface area contributed by atoms with Crippen molar-refractivity contribution in [3.8, 4) is 11.3 Å². The minimum Gasteiger partial charge on any atom is -0.235 e. The SMILES string of the molecule is [2H]c1nc(-c2cc([Si](C)(C)C)c3ccccc3c2)c2sc([Si](C)(C3CCCCC3)C3CCCCC3)c(C)c2n1. The summed E-state index contributed by atoms with van der Waals surface area (Å²) in [5, 5.41) is 4.13. The highest BCUT2D eigenvalue weighted by Crippen LogP contribution is 2.50. The summed E-state index contributed by atoms with van der Waals surface area (Å²) in [5.74, 6) is 0. The predicted octanol–water partition coefficient (Wildman–Crippen LogP) is 9.32. The maximum atomic E-state index is 8.66. The van der Waals surface area contributed by atoms with Gasteiger partial charge < -0.3 is 0 Å². The zero-order valence-electron chi connectivity index (χ0n) is 25.0. The molecule has 2 aliphatic carbocycles. The summed E-state index contributed by atoms with van der Waals surface area (Å²) in [6, 6.07) is 13.5. The van der Waals surface area contributed by atoms with Crippen molar-refractivity contribution < 1.29 is 1.37 Å². The summed E-state index contributed by atoms with van der Waals surface area (Å²) >= 11 is 2.03. The van der Waals surface area contributed by atoms with Gasteiger partial charge in [-0.15, -0.1) is 11.3 Å². The molecule has 2 saturated carbocycles. The molecule has 200 valence electrons. The van der Waals surface area contributed by atoms with E-state index in [0.717, 1.165) is 22.3 Å². The summed E-state index contributed by atoms with van der Waals surface area (Å²) in [4.78, 5) is 9.68. The smallest absolute Gasteiger partial charge is 0.116 e. The molecule has 0 radical (unpaired) electrons. The van der Waals surface area contributed by atoms with Crippen LogP contribution in [0.15, 0.2) is 42.7 Å². The van der Waals surface area contributed by atoms with E-state index in [0.29, 0.717) is 0 Å². The van der Waals surface area contributed by atoms with Crippen molar-refractivity contribution in [3.05, 3.63) is 48.3 Å². The highest BCUT2D eigenvalue weighted by Gasteiger charge is 2.47. The predicted molar refractivity (Wildman–Crippen MR) is 173 cm³/mol. The molecule has 2 nitrogen and oxygen atoms in total. The number of rotatable bonds is 5. The number of benzene rings is 2. The van der Waals surface area contributed by atoms with E-state index in [-0.39, 0.29) is 6.30 Å². The lowest BCUT2D eigenvalue weighted by molar-refractivity contribution is 0.457. The molecular formula is C33H44N2SSi2. The van der Waals surface area contributed by atoms with Crippen LogP contribution in [0.4, 0.5) is 0 Å². The topological polar surface area (TPSA) is 25.8 Å². The van der Waals surface area contributed by atoms with Crippen molar-refractivity contribution in [2.45, 2.75) is 108 Å². The van der Waals surface area contributed by atoms with Gasteiger partial charge in [0.25, 0.3) is 0 Å². The monoisotopic (exact) mass is 557 g/mol. The van der Waals surface area contributed by atoms with Crippen molar-refractivity contribution in [3.63, 3.8) is 0 Å². The highest BCUT2D eigenvalue weighted by atomic mass is 32.1. The highest BCUT2D eigenvalue weighted by molar-refractivity contribution is 7.32. The van der Waals surface area contributed by atoms with Crippen LogP contribution in [0, 0.1) is 6.92 Å². The number of thiophene rings is 1. The van der Waals surface area contributed by atoms with Crippen molar-refractivity contribution in [1.82, 2.24) is 9.97 Å². The molecule has 38 heavy (non-hydrogen) atoms. The van der Waals surface area contributed by atoms with Crippen LogP contribution in [-0.4, -0.2) is 26.1 Å². The van der Waals surface area contributed by atoms with Crippen LogP contribution < -0.4 is 9.69 Å². The maximum absolute atomic E-state index is 8.66. The normalized spacial score (nSPS) is 18.8. The fraction of sp³-hybridized carbons (Fsp3) is 0.515. The van der Waals surface area contributed by atoms with Gasteiger partial charge in [0, 0.05) is 5.56 Å². The minimum absolute atomic E-state index is 0.159. The zero-order valence-corrected chi connectivity index (χ0v) is 26.8. The first kappa shape index (κ1) is 25.2. The minimum atomic E-state index is -1.78. The van der Waals surface area contributed by atoms with E-state index in [1.54, 1.807) is 4.50 Å². The van der Waals surface area contributed by atoms with Crippen molar-refractivity contribution in [2.24, 2.45) is 0 Å². The first-order valence-corrected chi connectivity index (χ1v) is 22.0. The molecule has 0 N–H and O–H groups in total. The quantitative estimate of drug-likeness (QED) is 0.228. The lowest BCUT2D eigenvalue weighted by Gasteiger charge is -2.45. The Labute approximate surface area is 236 Å². The maximum Gasteiger partial charge on any atom is 0.116 e. The third-order valence-electron chi connectivity index (χ3n) is 9.99. The molecular weight excluding hydrogens is 513 g/mol. The van der Waals surface area contributed by atoms with E-state index >= 15 is 0 Å². The van der Waals surface area contributed by atoms with Gasteiger partial charge in [-0.2, -0.15) is 0 Å². The van der Waals surface area contributed by atoms with Crippen LogP contribution in [0.1, 0.15) is 71.1 Å². The second kappa shape index (κ2) is 10.3. The van der Waals surface area contributed by atoms with E-state index in [4.69, 9.17) is 11.3 Å². The fourth-order valence-electron chi connectivity index (χ4n) is 7.86. The van der Waals surface area contributed by atoms with Gasteiger partial charge in [0.15, 0.2) is 0 Å². The number of hydrogen-bond donors (Lipinski definition) is 0. The molecule has 2 aromatic carbocycles. The van der Waals surface area contributed by atoms with Crippen LogP contribution in [0.25, 0.3) is 32.2 Å². The van der Waals surface area contributed by atoms with E-state index in [1.165, 1.54) is 96.0 Å². The van der Waals surface area contributed by atoms with Crippen LogP contribution in [0.3, 0.4) is 0 Å². The van der Waals surface area contributed by atoms with Crippen molar-refractivity contribution in [1.29, 1.82) is 0 Å². The van der Waals surface area contributed by atoms with Gasteiger partial charge in [-0.25, -0.2) is 9.97 Å². The average Bonchev–Trinajstić information content (AvgIpc) is 3.28. The second-order valence-electron chi connectivity index (χ2n) is 13.4. The average molecular weight is 558 g/mol. The van der Waals surface area contributed by atoms with E-state index in [2.05, 4.69) is 69.5 Å². The third-order valence-corrected chi connectivity index (χ3v) is 20.6. The molecule has 0 atom stereocenters. The Kier molecular flexibility index (Phi) is 6.82. The van der Waals surface area contributed by atoms with Gasteiger partial charge in [0.2, 0.25) is 0 Å². The van der Waals surface area contributed by atoms with Crippen LogP contribution in [0.5, 0.6) is 0 Å². The third kappa shape index (κ3) is 4.52. The Morgan fingerprint density at radius 3 is 2.11 bits per heavy atom. The largest absolute Gasteiger partial charge is 0.235 e. The first-order chi connectivity index (χ1) is 18.7. The summed E-state index contributed by atoms with van der Waals surface area (Å²) in [6.07, 6.45) is 14.3. The Morgan fingerprint density at radius 1 is 0.842 bits per heavy atom. The Balaban J connectivity index is 1.58. The van der Waals surface area contributed by atoms with Gasteiger partial charge in [-0.1, -0.05) is 126 Å². The number of aryl methyl sites for hydroxylation is 1. The number of fused-ring (bicyclic) bond motifs is 2. The molecule has 2 heterocycles. The van der Waals surface area contributed by atoms with Crippen molar-refractivity contribution in [2.75, 3.05) is 0 Å². The molecule has 5 heteroatoms. The van der Waals surface area contributed by atoms with Crippen molar-refractivity contribution >= 4 is 58.2 Å². The molecule has 0 saturated heterocycles. The Bertz CT molecular complexity index is 1490. The van der Waals surface area contributed by atoms with Crippen LogP contribution >= 0.6 is 11.3 Å². The molecule has 6 rings (SSSR count). The van der Waals surface area contributed by atoms with E-state index in [9.17, 15) is 0 Å². The zero-order chi connectivity index (χ0) is 27.4. The van der Waals surface area contributed by atoms with Crippen LogP contribution in [0.2, 0.25) is 37.3 Å². The number of aromatic nitrogens is 2. The summed E-state index contributed by atoms with van der Waals surface area (Å²) in [7, 11) is -3.38. The first-order valence-electron chi connectivity index (χ1n) is 15.5. The molecule has 2 fully saturated rings. The van der Waals surface area contributed by atoms with Gasteiger partial charge in [-0.3, -0.25) is 0 Å². The van der Waals surface area contributed by atoms with Gasteiger partial charge in [0.1, 0.15) is 15.7 Å². The summed E-state index contributed by atoms with van der Waals surface area (Å²) < 4.78 is 11.6.